The number of aromatic nitrogens is 2. The maximum atomic E-state index is 5.49. The molecule has 1 aromatic carbocycles. The molecular weight excluding hydrogens is 222 g/mol. The summed E-state index contributed by atoms with van der Waals surface area (Å²) in [5.74, 6) is 1.05. The third-order valence-corrected chi connectivity index (χ3v) is 3.17. The average Bonchev–Trinajstić information content (AvgIpc) is 2.88. The molecule has 0 aliphatic carbocycles. The van der Waals surface area contributed by atoms with Gasteiger partial charge >= 0.3 is 0 Å². The van der Waals surface area contributed by atoms with Crippen molar-refractivity contribution in [2.24, 2.45) is 5.73 Å². The Morgan fingerprint density at radius 1 is 1.17 bits per heavy atom. The van der Waals surface area contributed by atoms with E-state index in [0.29, 0.717) is 0 Å². The normalized spacial score (nSPS) is 10.8. The van der Waals surface area contributed by atoms with E-state index in [1.165, 1.54) is 11.1 Å². The number of nitrogens with one attached hydrogen (secondary N) is 1. The Kier molecular flexibility index (Phi) is 4.53. The molecule has 2 rings (SSSR count). The summed E-state index contributed by atoms with van der Waals surface area (Å²) < 4.78 is 0. The van der Waals surface area contributed by atoms with Gasteiger partial charge in [-0.05, 0) is 36.9 Å². The number of H-pyrrole nitrogens is 1. The summed E-state index contributed by atoms with van der Waals surface area (Å²) >= 11 is 0. The molecule has 0 unspecified atom stereocenters. The molecule has 0 fully saturated rings. The third kappa shape index (κ3) is 3.20. The molecule has 0 aliphatic rings. The number of benzene rings is 1. The van der Waals surface area contributed by atoms with Gasteiger partial charge in [0, 0.05) is 6.42 Å². The summed E-state index contributed by atoms with van der Waals surface area (Å²) in [7, 11) is 0. The molecule has 3 nitrogen and oxygen atoms in total. The summed E-state index contributed by atoms with van der Waals surface area (Å²) in [6.07, 6.45) is 6.12. The number of rotatable bonds is 6. The predicted molar refractivity (Wildman–Crippen MR) is 75.4 cm³/mol. The fourth-order valence-corrected chi connectivity index (χ4v) is 1.99. The number of nitrogens with zero attached hydrogens (tertiary/aromatic N) is 1. The topological polar surface area (TPSA) is 54.7 Å². The van der Waals surface area contributed by atoms with E-state index in [4.69, 9.17) is 5.73 Å². The molecule has 0 saturated heterocycles. The van der Waals surface area contributed by atoms with E-state index in [9.17, 15) is 0 Å². The molecule has 0 radical (unpaired) electrons. The monoisotopic (exact) mass is 243 g/mol. The zero-order valence-corrected chi connectivity index (χ0v) is 10.9. The largest absolute Gasteiger partial charge is 0.342 e. The van der Waals surface area contributed by atoms with E-state index in [1.54, 1.807) is 0 Å². The molecule has 3 heteroatoms. The van der Waals surface area contributed by atoms with Gasteiger partial charge in [0.1, 0.15) is 5.82 Å². The van der Waals surface area contributed by atoms with E-state index in [-0.39, 0.29) is 0 Å². The minimum Gasteiger partial charge on any atom is -0.342 e. The number of unbranched alkanes of at least 4 members (excludes halogenated alkanes) is 1. The molecule has 2 aromatic rings. The Balaban J connectivity index is 2.04. The van der Waals surface area contributed by atoms with Gasteiger partial charge in [0.25, 0.3) is 0 Å². The molecule has 18 heavy (non-hydrogen) atoms. The van der Waals surface area contributed by atoms with E-state index < -0.39 is 0 Å². The third-order valence-electron chi connectivity index (χ3n) is 3.17. The lowest BCUT2D eigenvalue weighted by Gasteiger charge is -2.00. The number of aryl methyl sites for hydroxylation is 2. The van der Waals surface area contributed by atoms with Crippen molar-refractivity contribution < 1.29 is 0 Å². The van der Waals surface area contributed by atoms with Crippen molar-refractivity contribution >= 4 is 0 Å². The summed E-state index contributed by atoms with van der Waals surface area (Å²) in [5, 5.41) is 0. The van der Waals surface area contributed by atoms with Gasteiger partial charge in [-0.15, -0.1) is 0 Å². The highest BCUT2D eigenvalue weighted by atomic mass is 14.9. The average molecular weight is 243 g/mol. The highest BCUT2D eigenvalue weighted by Crippen LogP contribution is 2.18. The Labute approximate surface area is 108 Å². The Morgan fingerprint density at radius 3 is 2.61 bits per heavy atom. The second-order valence-electron chi connectivity index (χ2n) is 4.54. The molecular formula is C15H21N3. The van der Waals surface area contributed by atoms with E-state index in [0.717, 1.165) is 43.7 Å². The van der Waals surface area contributed by atoms with Crippen molar-refractivity contribution in [1.29, 1.82) is 0 Å². The minimum absolute atomic E-state index is 0.756. The lowest BCUT2D eigenvalue weighted by Crippen LogP contribution is -1.99. The van der Waals surface area contributed by atoms with Crippen LogP contribution in [0.4, 0.5) is 0 Å². The van der Waals surface area contributed by atoms with Crippen LogP contribution in [0.3, 0.4) is 0 Å². The van der Waals surface area contributed by atoms with Crippen molar-refractivity contribution in [2.45, 2.75) is 32.6 Å². The first-order chi connectivity index (χ1) is 8.83. The molecule has 0 atom stereocenters. The van der Waals surface area contributed by atoms with Crippen LogP contribution in [-0.4, -0.2) is 16.5 Å². The zero-order valence-electron chi connectivity index (χ0n) is 10.9. The Hall–Kier alpha value is -1.61. The van der Waals surface area contributed by atoms with Gasteiger partial charge in [-0.3, -0.25) is 0 Å². The smallest absolute Gasteiger partial charge is 0.106 e. The van der Waals surface area contributed by atoms with Crippen LogP contribution >= 0.6 is 0 Å². The molecule has 0 amide bonds. The summed E-state index contributed by atoms with van der Waals surface area (Å²) in [6, 6.07) is 8.64. The van der Waals surface area contributed by atoms with Gasteiger partial charge in [0.15, 0.2) is 0 Å². The highest BCUT2D eigenvalue weighted by Gasteiger charge is 2.03. The van der Waals surface area contributed by atoms with E-state index >= 15 is 0 Å². The second-order valence-corrected chi connectivity index (χ2v) is 4.54. The first-order valence-corrected chi connectivity index (χ1v) is 6.66. The minimum atomic E-state index is 0.756. The summed E-state index contributed by atoms with van der Waals surface area (Å²) in [5.41, 5.74) is 9.14. The van der Waals surface area contributed by atoms with Crippen LogP contribution in [0.15, 0.2) is 30.5 Å². The summed E-state index contributed by atoms with van der Waals surface area (Å²) in [6.45, 7) is 2.92. The molecule has 0 aliphatic heterocycles. The molecule has 1 heterocycles. The zero-order chi connectivity index (χ0) is 12.8. The second kappa shape index (κ2) is 6.36. The van der Waals surface area contributed by atoms with Crippen LogP contribution in [0.1, 0.15) is 31.2 Å². The van der Waals surface area contributed by atoms with Crippen LogP contribution in [0.2, 0.25) is 0 Å². The van der Waals surface area contributed by atoms with E-state index in [1.807, 2.05) is 6.20 Å². The Bertz CT molecular complexity index is 471. The van der Waals surface area contributed by atoms with E-state index in [2.05, 4.69) is 41.2 Å². The van der Waals surface area contributed by atoms with Crippen molar-refractivity contribution in [1.82, 2.24) is 9.97 Å². The number of hydrogen-bond acceptors (Lipinski definition) is 2. The van der Waals surface area contributed by atoms with Crippen molar-refractivity contribution in [3.8, 4) is 11.3 Å². The quantitative estimate of drug-likeness (QED) is 0.766. The van der Waals surface area contributed by atoms with Gasteiger partial charge in [-0.2, -0.15) is 0 Å². The lowest BCUT2D eigenvalue weighted by atomic mass is 10.1. The molecule has 0 spiro atoms. The Morgan fingerprint density at radius 2 is 1.94 bits per heavy atom. The first kappa shape index (κ1) is 12.8. The molecule has 96 valence electrons. The molecule has 1 aromatic heterocycles. The van der Waals surface area contributed by atoms with Crippen molar-refractivity contribution in [3.63, 3.8) is 0 Å². The standard InChI is InChI=1S/C15H21N3/c1-2-12-6-8-13(9-7-12)14-11-17-15(18-14)5-3-4-10-16/h6-9,11H,2-5,10,16H2,1H3,(H,17,18). The van der Waals surface area contributed by atoms with Gasteiger partial charge < -0.3 is 10.7 Å². The fraction of sp³-hybridized carbons (Fsp3) is 0.400. The molecule has 0 saturated carbocycles. The van der Waals surface area contributed by atoms with Gasteiger partial charge in [-0.1, -0.05) is 31.2 Å². The number of hydrogen-bond donors (Lipinski definition) is 2. The lowest BCUT2D eigenvalue weighted by molar-refractivity contribution is 0.723. The van der Waals surface area contributed by atoms with Crippen LogP contribution in [0, 0.1) is 0 Å². The number of nitrogens with two attached hydrogens (primary N) is 1. The molecule has 0 bridgehead atoms. The van der Waals surface area contributed by atoms with Crippen molar-refractivity contribution in [2.75, 3.05) is 6.54 Å². The van der Waals surface area contributed by atoms with Crippen LogP contribution in [0.25, 0.3) is 11.3 Å². The maximum Gasteiger partial charge on any atom is 0.106 e. The predicted octanol–water partition coefficient (Wildman–Crippen LogP) is 2.92. The number of imidazole rings is 1. The van der Waals surface area contributed by atoms with Gasteiger partial charge in [0.2, 0.25) is 0 Å². The van der Waals surface area contributed by atoms with Crippen LogP contribution < -0.4 is 5.73 Å². The molecule has 3 N–H and O–H groups in total. The number of aromatic amines is 1. The van der Waals surface area contributed by atoms with Gasteiger partial charge in [-0.25, -0.2) is 4.98 Å². The summed E-state index contributed by atoms with van der Waals surface area (Å²) in [4.78, 5) is 7.78. The highest BCUT2D eigenvalue weighted by molar-refractivity contribution is 5.58. The fourth-order valence-electron chi connectivity index (χ4n) is 1.99. The van der Waals surface area contributed by atoms with Crippen LogP contribution in [0.5, 0.6) is 0 Å². The van der Waals surface area contributed by atoms with Crippen LogP contribution in [-0.2, 0) is 12.8 Å². The SMILES string of the molecule is CCc1ccc(-c2cnc(CCCCN)[nH]2)cc1. The van der Waals surface area contributed by atoms with Crippen molar-refractivity contribution in [3.05, 3.63) is 41.9 Å². The maximum absolute atomic E-state index is 5.49. The van der Waals surface area contributed by atoms with Gasteiger partial charge in [0.05, 0.1) is 11.9 Å². The first-order valence-electron chi connectivity index (χ1n) is 6.66.